The third kappa shape index (κ3) is 1.92. The van der Waals surface area contributed by atoms with Gasteiger partial charge in [0.2, 0.25) is 5.91 Å². The van der Waals surface area contributed by atoms with E-state index in [1.54, 1.807) is 13.1 Å². The minimum atomic E-state index is -0.371. The van der Waals surface area contributed by atoms with E-state index in [2.05, 4.69) is 5.32 Å². The van der Waals surface area contributed by atoms with Gasteiger partial charge in [-0.3, -0.25) is 9.36 Å². The number of aryl methyl sites for hydroxylation is 1. The molecule has 1 saturated carbocycles. The molecule has 1 fully saturated rings. The summed E-state index contributed by atoms with van der Waals surface area (Å²) in [5.74, 6) is -0.0443. The highest BCUT2D eigenvalue weighted by atomic mass is 16.4. The van der Waals surface area contributed by atoms with Gasteiger partial charge in [-0.1, -0.05) is 6.07 Å². The summed E-state index contributed by atoms with van der Waals surface area (Å²) < 4.78 is 6.56. The van der Waals surface area contributed by atoms with Crippen LogP contribution in [0.1, 0.15) is 18.4 Å². The van der Waals surface area contributed by atoms with Crippen molar-refractivity contribution in [3.63, 3.8) is 0 Å². The molecule has 1 aromatic carbocycles. The van der Waals surface area contributed by atoms with Crippen LogP contribution >= 0.6 is 0 Å². The number of amides is 1. The Morgan fingerprint density at radius 3 is 3.00 bits per heavy atom. The van der Waals surface area contributed by atoms with Crippen LogP contribution in [0.3, 0.4) is 0 Å². The van der Waals surface area contributed by atoms with E-state index in [9.17, 15) is 9.59 Å². The molecule has 0 radical (unpaired) electrons. The number of benzene rings is 1. The van der Waals surface area contributed by atoms with Crippen LogP contribution in [-0.2, 0) is 18.4 Å². The van der Waals surface area contributed by atoms with Gasteiger partial charge in [0.25, 0.3) is 0 Å². The second-order valence-electron chi connectivity index (χ2n) is 4.72. The molecular weight excluding hydrogens is 232 g/mol. The highest BCUT2D eigenvalue weighted by Gasteiger charge is 2.29. The minimum absolute atomic E-state index is 0.115. The Morgan fingerprint density at radius 2 is 2.28 bits per heavy atom. The standard InChI is InChI=1S/C13H14N2O3/c1-15-10-5-2-8(6-11(10)18-13(15)17)7-14-12(16)9-3-4-9/h2,5-6,9H,3-4,7H2,1H3,(H,14,16). The number of nitrogens with one attached hydrogen (secondary N) is 1. The number of aromatic nitrogens is 1. The van der Waals surface area contributed by atoms with Crippen molar-refractivity contribution in [1.82, 2.24) is 9.88 Å². The number of hydrogen-bond acceptors (Lipinski definition) is 3. The average Bonchev–Trinajstić information content (AvgIpc) is 3.16. The highest BCUT2D eigenvalue weighted by molar-refractivity contribution is 5.81. The molecule has 0 spiro atoms. The monoisotopic (exact) mass is 246 g/mol. The lowest BCUT2D eigenvalue weighted by molar-refractivity contribution is -0.122. The van der Waals surface area contributed by atoms with Crippen LogP contribution in [0.5, 0.6) is 0 Å². The number of rotatable bonds is 3. The molecule has 1 aliphatic rings. The van der Waals surface area contributed by atoms with Crippen molar-refractivity contribution >= 4 is 17.0 Å². The van der Waals surface area contributed by atoms with Gasteiger partial charge in [-0.15, -0.1) is 0 Å². The Bertz CT molecular complexity index is 664. The Morgan fingerprint density at radius 1 is 1.50 bits per heavy atom. The molecule has 0 unspecified atom stereocenters. The van der Waals surface area contributed by atoms with Gasteiger partial charge in [-0.05, 0) is 30.5 Å². The Kier molecular flexibility index (Phi) is 2.47. The summed E-state index contributed by atoms with van der Waals surface area (Å²) in [6, 6.07) is 5.52. The predicted octanol–water partition coefficient (Wildman–Crippen LogP) is 1.16. The van der Waals surface area contributed by atoms with Crippen LogP contribution in [0, 0.1) is 5.92 Å². The molecule has 2 aromatic rings. The summed E-state index contributed by atoms with van der Waals surface area (Å²) in [4.78, 5) is 22.9. The first-order chi connectivity index (χ1) is 8.65. The number of nitrogens with zero attached hydrogens (tertiary/aromatic N) is 1. The van der Waals surface area contributed by atoms with Crippen molar-refractivity contribution in [3.8, 4) is 0 Å². The molecule has 5 heteroatoms. The summed E-state index contributed by atoms with van der Waals surface area (Å²) in [6.07, 6.45) is 2.00. The molecule has 94 valence electrons. The van der Waals surface area contributed by atoms with Crippen LogP contribution < -0.4 is 11.1 Å². The van der Waals surface area contributed by atoms with Crippen LogP contribution in [0.4, 0.5) is 0 Å². The molecule has 1 N–H and O–H groups in total. The van der Waals surface area contributed by atoms with Crippen molar-refractivity contribution < 1.29 is 9.21 Å². The quantitative estimate of drug-likeness (QED) is 0.883. The topological polar surface area (TPSA) is 64.2 Å². The molecule has 1 aliphatic carbocycles. The van der Waals surface area contributed by atoms with Crippen LogP contribution in [0.15, 0.2) is 27.4 Å². The lowest BCUT2D eigenvalue weighted by Gasteiger charge is -2.04. The first-order valence-electron chi connectivity index (χ1n) is 6.01. The molecule has 0 bridgehead atoms. The predicted molar refractivity (Wildman–Crippen MR) is 66.0 cm³/mol. The highest BCUT2D eigenvalue weighted by Crippen LogP contribution is 2.28. The number of carbonyl (C=O) groups excluding carboxylic acids is 1. The Hall–Kier alpha value is -2.04. The largest absolute Gasteiger partial charge is 0.419 e. The van der Waals surface area contributed by atoms with Gasteiger partial charge in [-0.25, -0.2) is 4.79 Å². The Balaban J connectivity index is 1.80. The maximum absolute atomic E-state index is 11.5. The Labute approximate surface area is 103 Å². The van der Waals surface area contributed by atoms with Crippen LogP contribution in [0.25, 0.3) is 11.1 Å². The van der Waals surface area contributed by atoms with Crippen molar-refractivity contribution in [3.05, 3.63) is 34.3 Å². The molecule has 1 heterocycles. The summed E-state index contributed by atoms with van der Waals surface area (Å²) in [7, 11) is 1.67. The fourth-order valence-corrected chi connectivity index (χ4v) is 1.97. The van der Waals surface area contributed by atoms with Gasteiger partial charge in [0.1, 0.15) is 0 Å². The number of fused-ring (bicyclic) bond motifs is 1. The van der Waals surface area contributed by atoms with Gasteiger partial charge in [0, 0.05) is 19.5 Å². The van der Waals surface area contributed by atoms with E-state index >= 15 is 0 Å². The number of carbonyl (C=O) groups is 1. The zero-order chi connectivity index (χ0) is 12.7. The zero-order valence-electron chi connectivity index (χ0n) is 10.1. The van der Waals surface area contributed by atoms with E-state index < -0.39 is 0 Å². The first-order valence-corrected chi connectivity index (χ1v) is 6.01. The summed E-state index contributed by atoms with van der Waals surface area (Å²) in [5.41, 5.74) is 2.25. The lowest BCUT2D eigenvalue weighted by atomic mass is 10.2. The second kappa shape index (κ2) is 4.01. The molecule has 1 aromatic heterocycles. The lowest BCUT2D eigenvalue weighted by Crippen LogP contribution is -2.24. The fourth-order valence-electron chi connectivity index (χ4n) is 1.97. The van der Waals surface area contributed by atoms with Crippen LogP contribution in [0.2, 0.25) is 0 Å². The molecule has 1 amide bonds. The maximum Gasteiger partial charge on any atom is 0.419 e. The first kappa shape index (κ1) is 11.1. The minimum Gasteiger partial charge on any atom is -0.408 e. The number of hydrogen-bond donors (Lipinski definition) is 1. The average molecular weight is 246 g/mol. The molecule has 5 nitrogen and oxygen atoms in total. The van der Waals surface area contributed by atoms with Gasteiger partial charge in [0.05, 0.1) is 5.52 Å². The molecule has 0 aliphatic heterocycles. The van der Waals surface area contributed by atoms with E-state index in [-0.39, 0.29) is 17.6 Å². The van der Waals surface area contributed by atoms with Crippen molar-refractivity contribution in [2.24, 2.45) is 13.0 Å². The molecule has 18 heavy (non-hydrogen) atoms. The molecular formula is C13H14N2O3. The van der Waals surface area contributed by atoms with Gasteiger partial charge < -0.3 is 9.73 Å². The summed E-state index contributed by atoms with van der Waals surface area (Å²) >= 11 is 0. The molecule has 0 saturated heterocycles. The SMILES string of the molecule is Cn1c(=O)oc2cc(CNC(=O)C3CC3)ccc21. The van der Waals surface area contributed by atoms with E-state index in [1.807, 2.05) is 12.1 Å². The maximum atomic E-state index is 11.5. The second-order valence-corrected chi connectivity index (χ2v) is 4.72. The van der Waals surface area contributed by atoms with Crippen LogP contribution in [-0.4, -0.2) is 10.5 Å². The molecule has 3 rings (SSSR count). The fraction of sp³-hybridized carbons (Fsp3) is 0.385. The van der Waals surface area contributed by atoms with Crippen molar-refractivity contribution in [2.45, 2.75) is 19.4 Å². The van der Waals surface area contributed by atoms with E-state index in [1.165, 1.54) is 4.57 Å². The molecule has 0 atom stereocenters. The normalized spacial score (nSPS) is 14.9. The smallest absolute Gasteiger partial charge is 0.408 e. The third-order valence-electron chi connectivity index (χ3n) is 3.27. The summed E-state index contributed by atoms with van der Waals surface area (Å²) in [5, 5.41) is 2.88. The van der Waals surface area contributed by atoms with Gasteiger partial charge in [-0.2, -0.15) is 0 Å². The van der Waals surface area contributed by atoms with Gasteiger partial charge >= 0.3 is 5.76 Å². The zero-order valence-corrected chi connectivity index (χ0v) is 10.1. The van der Waals surface area contributed by atoms with Crippen molar-refractivity contribution in [2.75, 3.05) is 0 Å². The van der Waals surface area contributed by atoms with Crippen molar-refractivity contribution in [1.29, 1.82) is 0 Å². The summed E-state index contributed by atoms with van der Waals surface area (Å²) in [6.45, 7) is 0.476. The van der Waals surface area contributed by atoms with Gasteiger partial charge in [0.15, 0.2) is 5.58 Å². The van der Waals surface area contributed by atoms with E-state index in [4.69, 9.17) is 4.42 Å². The van der Waals surface area contributed by atoms with E-state index in [0.717, 1.165) is 23.9 Å². The third-order valence-corrected chi connectivity index (χ3v) is 3.27. The van der Waals surface area contributed by atoms with E-state index in [0.29, 0.717) is 12.1 Å². The number of oxazole rings is 1.